The van der Waals surface area contributed by atoms with Crippen LogP contribution < -0.4 is 4.74 Å². The minimum atomic E-state index is -0.871. The van der Waals surface area contributed by atoms with Crippen LogP contribution in [0, 0.1) is 5.82 Å². The number of amides is 1. The lowest BCUT2D eigenvalue weighted by molar-refractivity contribution is -0.0982. The van der Waals surface area contributed by atoms with E-state index in [2.05, 4.69) is 4.90 Å². The molecule has 1 atom stereocenters. The van der Waals surface area contributed by atoms with Crippen molar-refractivity contribution >= 4 is 6.09 Å². The molecule has 6 nitrogen and oxygen atoms in total. The van der Waals surface area contributed by atoms with Crippen molar-refractivity contribution in [3.63, 3.8) is 0 Å². The van der Waals surface area contributed by atoms with Gasteiger partial charge in [0.05, 0.1) is 19.7 Å². The maximum Gasteiger partial charge on any atom is 0.407 e. The number of piperidine rings is 1. The van der Waals surface area contributed by atoms with Crippen LogP contribution in [0.15, 0.2) is 48.5 Å². The number of benzene rings is 2. The summed E-state index contributed by atoms with van der Waals surface area (Å²) in [6.07, 6.45) is 1.89. The lowest BCUT2D eigenvalue weighted by atomic mass is 9.86. The smallest absolute Gasteiger partial charge is 0.407 e. The molecule has 1 N–H and O–H groups in total. The Morgan fingerprint density at radius 1 is 1.16 bits per heavy atom. The number of likely N-dealkylation sites (tertiary alicyclic amines) is 2. The largest absolute Gasteiger partial charge is 0.489 e. The molecule has 0 radical (unpaired) electrons. The van der Waals surface area contributed by atoms with E-state index in [0.29, 0.717) is 32.3 Å². The van der Waals surface area contributed by atoms with Crippen LogP contribution in [0.4, 0.5) is 9.18 Å². The van der Waals surface area contributed by atoms with Crippen LogP contribution >= 0.6 is 0 Å². The molecule has 0 unspecified atom stereocenters. The predicted octanol–water partition coefficient (Wildman–Crippen LogP) is 4.11. The number of carboxylic acid groups (broad SMARTS) is 1. The second kappa shape index (κ2) is 8.71. The first kappa shape index (κ1) is 21.2. The summed E-state index contributed by atoms with van der Waals surface area (Å²) < 4.78 is 26.2. The average Bonchev–Trinajstić information content (AvgIpc) is 3.24. The Hall–Kier alpha value is -2.64. The summed E-state index contributed by atoms with van der Waals surface area (Å²) in [7, 11) is 0. The van der Waals surface area contributed by atoms with Gasteiger partial charge in [-0.1, -0.05) is 30.3 Å². The zero-order valence-corrected chi connectivity index (χ0v) is 18.1. The Kier molecular flexibility index (Phi) is 5.78. The Morgan fingerprint density at radius 3 is 2.62 bits per heavy atom. The molecule has 0 saturated carbocycles. The van der Waals surface area contributed by atoms with Crippen molar-refractivity contribution in [1.82, 2.24) is 9.80 Å². The van der Waals surface area contributed by atoms with Gasteiger partial charge in [-0.3, -0.25) is 4.90 Å². The number of hydrogen-bond donors (Lipinski definition) is 1. The molecule has 0 bridgehead atoms. The summed E-state index contributed by atoms with van der Waals surface area (Å²) in [5.41, 5.74) is 1.75. The normalized spacial score (nSPS) is 23.3. The van der Waals surface area contributed by atoms with Crippen LogP contribution in [0.25, 0.3) is 0 Å². The van der Waals surface area contributed by atoms with Crippen molar-refractivity contribution in [3.05, 3.63) is 65.5 Å². The Morgan fingerprint density at radius 2 is 1.91 bits per heavy atom. The molecular weight excluding hydrogens is 411 g/mol. The van der Waals surface area contributed by atoms with Gasteiger partial charge in [-0.05, 0) is 62.0 Å². The minimum absolute atomic E-state index is 0.228. The van der Waals surface area contributed by atoms with E-state index in [9.17, 15) is 9.18 Å². The van der Waals surface area contributed by atoms with Gasteiger partial charge < -0.3 is 19.5 Å². The van der Waals surface area contributed by atoms with E-state index in [4.69, 9.17) is 14.6 Å². The van der Waals surface area contributed by atoms with Crippen molar-refractivity contribution < 1.29 is 23.8 Å². The third-order valence-electron chi connectivity index (χ3n) is 7.11. The highest BCUT2D eigenvalue weighted by molar-refractivity contribution is 5.66. The standard InChI is InChI=1S/C25H29FN2O4/c26-20-6-7-23(31-14-18-4-2-1-3-5-18)22(12-20)19-8-10-27(11-9-19)21-13-25(32-15-21)16-28(17-25)24(29)30/h1-7,12,19,21H,8-11,13-17H2,(H,29,30)/t21-/m0/s1. The van der Waals surface area contributed by atoms with Crippen LogP contribution in [0.3, 0.4) is 0 Å². The molecule has 0 aliphatic carbocycles. The van der Waals surface area contributed by atoms with E-state index in [1.807, 2.05) is 30.3 Å². The summed E-state index contributed by atoms with van der Waals surface area (Å²) in [5, 5.41) is 9.10. The summed E-state index contributed by atoms with van der Waals surface area (Å²) in [4.78, 5) is 14.9. The molecule has 3 fully saturated rings. The highest BCUT2D eigenvalue weighted by Crippen LogP contribution is 2.40. The third-order valence-corrected chi connectivity index (χ3v) is 7.11. The monoisotopic (exact) mass is 440 g/mol. The lowest BCUT2D eigenvalue weighted by Crippen LogP contribution is -2.63. The van der Waals surface area contributed by atoms with E-state index in [-0.39, 0.29) is 17.3 Å². The van der Waals surface area contributed by atoms with E-state index in [1.165, 1.54) is 11.0 Å². The molecule has 3 aliphatic heterocycles. The Labute approximate surface area is 187 Å². The molecule has 1 amide bonds. The number of rotatable bonds is 5. The Bertz CT molecular complexity index is 956. The number of ether oxygens (including phenoxy) is 2. The maximum atomic E-state index is 14.1. The molecule has 2 aromatic rings. The van der Waals surface area contributed by atoms with Crippen LogP contribution in [0.1, 0.15) is 36.3 Å². The van der Waals surface area contributed by atoms with Gasteiger partial charge in [0, 0.05) is 11.6 Å². The van der Waals surface area contributed by atoms with Gasteiger partial charge in [-0.15, -0.1) is 0 Å². The topological polar surface area (TPSA) is 62.2 Å². The third kappa shape index (κ3) is 4.32. The van der Waals surface area contributed by atoms with Gasteiger partial charge in [0.2, 0.25) is 0 Å². The second-order valence-corrected chi connectivity index (χ2v) is 9.26. The zero-order chi connectivity index (χ0) is 22.1. The predicted molar refractivity (Wildman–Crippen MR) is 117 cm³/mol. The van der Waals surface area contributed by atoms with Gasteiger partial charge in [0.1, 0.15) is 23.8 Å². The molecule has 3 heterocycles. The first-order valence-electron chi connectivity index (χ1n) is 11.3. The SMILES string of the molecule is O=C(O)N1CC2(C[C@H](N3CCC(c4cc(F)ccc4OCc4ccccc4)CC3)CO2)C1. The molecule has 2 aromatic carbocycles. The summed E-state index contributed by atoms with van der Waals surface area (Å²) >= 11 is 0. The summed E-state index contributed by atoms with van der Waals surface area (Å²) in [6, 6.07) is 15.2. The molecule has 3 saturated heterocycles. The highest BCUT2D eigenvalue weighted by atomic mass is 19.1. The highest BCUT2D eigenvalue weighted by Gasteiger charge is 2.52. The van der Waals surface area contributed by atoms with Crippen LogP contribution in [-0.2, 0) is 11.3 Å². The van der Waals surface area contributed by atoms with E-state index in [0.717, 1.165) is 49.2 Å². The lowest BCUT2D eigenvalue weighted by Gasteiger charge is -2.45. The second-order valence-electron chi connectivity index (χ2n) is 9.26. The quantitative estimate of drug-likeness (QED) is 0.758. The van der Waals surface area contributed by atoms with E-state index >= 15 is 0 Å². The fourth-order valence-corrected chi connectivity index (χ4v) is 5.34. The summed E-state index contributed by atoms with van der Waals surface area (Å²) in [6.45, 7) is 3.91. The van der Waals surface area contributed by atoms with E-state index in [1.54, 1.807) is 12.1 Å². The number of carbonyl (C=O) groups is 1. The number of halogens is 1. The molecule has 7 heteroatoms. The van der Waals surface area contributed by atoms with Crippen LogP contribution in [0.2, 0.25) is 0 Å². The number of hydrogen-bond acceptors (Lipinski definition) is 4. The van der Waals surface area contributed by atoms with Crippen molar-refractivity contribution in [2.75, 3.05) is 32.8 Å². The van der Waals surface area contributed by atoms with Crippen molar-refractivity contribution in [1.29, 1.82) is 0 Å². The first-order chi connectivity index (χ1) is 15.5. The maximum absolute atomic E-state index is 14.1. The Balaban J connectivity index is 1.18. The first-order valence-corrected chi connectivity index (χ1v) is 11.3. The fraction of sp³-hybridized carbons (Fsp3) is 0.480. The van der Waals surface area contributed by atoms with Crippen molar-refractivity contribution in [2.24, 2.45) is 0 Å². The molecule has 5 rings (SSSR count). The van der Waals surface area contributed by atoms with Crippen molar-refractivity contribution in [3.8, 4) is 5.75 Å². The van der Waals surface area contributed by atoms with Gasteiger partial charge in [-0.25, -0.2) is 9.18 Å². The van der Waals surface area contributed by atoms with E-state index < -0.39 is 6.09 Å². The van der Waals surface area contributed by atoms with Gasteiger partial charge >= 0.3 is 6.09 Å². The van der Waals surface area contributed by atoms with Gasteiger partial charge in [0.15, 0.2) is 0 Å². The zero-order valence-electron chi connectivity index (χ0n) is 18.1. The fourth-order valence-electron chi connectivity index (χ4n) is 5.34. The molecule has 170 valence electrons. The van der Waals surface area contributed by atoms with Gasteiger partial charge in [-0.2, -0.15) is 0 Å². The molecular formula is C25H29FN2O4. The average molecular weight is 441 g/mol. The molecule has 1 spiro atoms. The van der Waals surface area contributed by atoms with Crippen molar-refractivity contribution in [2.45, 2.75) is 43.4 Å². The molecule has 0 aromatic heterocycles. The molecule has 32 heavy (non-hydrogen) atoms. The number of nitrogens with zero attached hydrogens (tertiary/aromatic N) is 2. The van der Waals surface area contributed by atoms with Crippen LogP contribution in [0.5, 0.6) is 5.75 Å². The minimum Gasteiger partial charge on any atom is -0.489 e. The summed E-state index contributed by atoms with van der Waals surface area (Å²) in [5.74, 6) is 0.795. The molecule has 3 aliphatic rings. The van der Waals surface area contributed by atoms with Gasteiger partial charge in [0.25, 0.3) is 0 Å². The van der Waals surface area contributed by atoms with Crippen LogP contribution in [-0.4, -0.2) is 65.4 Å².